The molecule has 0 aliphatic heterocycles. The molecule has 26 heavy (non-hydrogen) atoms. The van der Waals surface area contributed by atoms with Gasteiger partial charge in [0.2, 0.25) is 10.0 Å². The number of rotatable bonds is 6. The largest absolute Gasteiger partial charge is 0.298 e. The van der Waals surface area contributed by atoms with E-state index < -0.39 is 20.7 Å². The summed E-state index contributed by atoms with van der Waals surface area (Å²) in [6.07, 6.45) is 1.36. The first-order chi connectivity index (χ1) is 12.5. The van der Waals surface area contributed by atoms with Gasteiger partial charge >= 0.3 is 0 Å². The Hall–Kier alpha value is -2.84. The highest BCUT2D eigenvalue weighted by atomic mass is 32.2. The second-order valence-electron chi connectivity index (χ2n) is 5.50. The first-order valence-corrected chi connectivity index (χ1v) is 9.32. The molecule has 0 fully saturated rings. The summed E-state index contributed by atoms with van der Waals surface area (Å²) in [5.41, 5.74) is 1.06. The van der Waals surface area contributed by atoms with Gasteiger partial charge in [0.25, 0.3) is 5.56 Å². The van der Waals surface area contributed by atoms with Crippen molar-refractivity contribution in [3.63, 3.8) is 0 Å². The van der Waals surface area contributed by atoms with Crippen LogP contribution < -0.4 is 10.3 Å². The third kappa shape index (κ3) is 4.04. The fourth-order valence-electron chi connectivity index (χ4n) is 2.40. The van der Waals surface area contributed by atoms with Crippen molar-refractivity contribution in [1.82, 2.24) is 14.3 Å². The Kier molecular flexibility index (Phi) is 5.24. The summed E-state index contributed by atoms with van der Waals surface area (Å²) in [7, 11) is -3.99. The number of hydrogen-bond acceptors (Lipinski definition) is 4. The molecule has 0 radical (unpaired) electrons. The van der Waals surface area contributed by atoms with Crippen LogP contribution in [0, 0.1) is 5.82 Å². The molecule has 1 heterocycles. The molecule has 134 valence electrons. The van der Waals surface area contributed by atoms with Crippen molar-refractivity contribution in [2.45, 2.75) is 11.4 Å². The van der Waals surface area contributed by atoms with Gasteiger partial charge in [-0.05, 0) is 12.1 Å². The third-order valence-corrected chi connectivity index (χ3v) is 5.21. The Labute approximate surface area is 150 Å². The highest BCUT2D eigenvalue weighted by Gasteiger charge is 2.17. The Morgan fingerprint density at radius 3 is 2.42 bits per heavy atom. The Morgan fingerprint density at radius 1 is 1.04 bits per heavy atom. The first-order valence-electron chi connectivity index (χ1n) is 7.83. The summed E-state index contributed by atoms with van der Waals surface area (Å²) in [5.74, 6) is -0.828. The molecule has 2 aromatic carbocycles. The van der Waals surface area contributed by atoms with Crippen molar-refractivity contribution in [2.75, 3.05) is 6.54 Å². The predicted octanol–water partition coefficient (Wildman–Crippen LogP) is 2.03. The molecule has 0 saturated heterocycles. The summed E-state index contributed by atoms with van der Waals surface area (Å²) in [6.45, 7) is 0.0114. The van der Waals surface area contributed by atoms with Gasteiger partial charge in [0.05, 0.1) is 12.0 Å². The molecule has 1 N–H and O–H groups in total. The maximum Gasteiger partial charge on any atom is 0.253 e. The van der Waals surface area contributed by atoms with Gasteiger partial charge in [-0.15, -0.1) is 0 Å². The maximum atomic E-state index is 13.6. The van der Waals surface area contributed by atoms with E-state index >= 15 is 0 Å². The molecule has 3 rings (SSSR count). The molecule has 0 aliphatic carbocycles. The number of hydrogen-bond donors (Lipinski definition) is 1. The molecule has 0 saturated carbocycles. The summed E-state index contributed by atoms with van der Waals surface area (Å²) in [4.78, 5) is 16.0. The lowest BCUT2D eigenvalue weighted by Gasteiger charge is -2.09. The molecule has 0 unspecified atom stereocenters. The Morgan fingerprint density at radius 2 is 1.73 bits per heavy atom. The van der Waals surface area contributed by atoms with Gasteiger partial charge in [-0.2, -0.15) is 0 Å². The fourth-order valence-corrected chi connectivity index (χ4v) is 3.50. The lowest BCUT2D eigenvalue weighted by atomic mass is 10.1. The number of sulfonamides is 1. The molecule has 0 spiro atoms. The van der Waals surface area contributed by atoms with Gasteiger partial charge in [-0.3, -0.25) is 9.36 Å². The summed E-state index contributed by atoms with van der Waals surface area (Å²) < 4.78 is 41.4. The zero-order valence-corrected chi connectivity index (χ0v) is 14.5. The average molecular weight is 373 g/mol. The third-order valence-electron chi connectivity index (χ3n) is 3.72. The molecular formula is C18H16FN3O3S. The van der Waals surface area contributed by atoms with E-state index in [2.05, 4.69) is 9.71 Å². The Balaban J connectivity index is 1.69. The van der Waals surface area contributed by atoms with E-state index in [-0.39, 0.29) is 18.6 Å². The molecule has 8 heteroatoms. The maximum absolute atomic E-state index is 13.6. The normalized spacial score (nSPS) is 11.4. The van der Waals surface area contributed by atoms with Crippen LogP contribution in [0.1, 0.15) is 0 Å². The summed E-state index contributed by atoms with van der Waals surface area (Å²) >= 11 is 0. The van der Waals surface area contributed by atoms with Gasteiger partial charge in [-0.1, -0.05) is 42.5 Å². The lowest BCUT2D eigenvalue weighted by molar-refractivity contribution is 0.549. The van der Waals surface area contributed by atoms with Crippen molar-refractivity contribution in [2.24, 2.45) is 0 Å². The van der Waals surface area contributed by atoms with Gasteiger partial charge in [-0.25, -0.2) is 22.5 Å². The van der Waals surface area contributed by atoms with E-state index in [1.807, 2.05) is 30.3 Å². The monoisotopic (exact) mass is 373 g/mol. The van der Waals surface area contributed by atoms with Crippen LogP contribution in [0.4, 0.5) is 4.39 Å². The predicted molar refractivity (Wildman–Crippen MR) is 95.5 cm³/mol. The molecule has 0 atom stereocenters. The second kappa shape index (κ2) is 7.59. The number of nitrogens with zero attached hydrogens (tertiary/aromatic N) is 2. The number of aromatic nitrogens is 2. The SMILES string of the molecule is O=c1cc(-c2ccccc2)ncn1CCNS(=O)(=O)c1ccccc1F. The van der Waals surface area contributed by atoms with Crippen molar-refractivity contribution in [3.05, 3.63) is 83.2 Å². The van der Waals surface area contributed by atoms with E-state index in [1.54, 1.807) is 0 Å². The van der Waals surface area contributed by atoms with Crippen molar-refractivity contribution < 1.29 is 12.8 Å². The first kappa shape index (κ1) is 18.0. The quantitative estimate of drug-likeness (QED) is 0.717. The van der Waals surface area contributed by atoms with E-state index in [0.29, 0.717) is 5.69 Å². The van der Waals surface area contributed by atoms with Gasteiger partial charge < -0.3 is 0 Å². The van der Waals surface area contributed by atoms with Crippen LogP contribution in [0.25, 0.3) is 11.3 Å². The van der Waals surface area contributed by atoms with Crippen LogP contribution in [0.2, 0.25) is 0 Å². The fraction of sp³-hybridized carbons (Fsp3) is 0.111. The number of halogens is 1. The average Bonchev–Trinajstić information content (AvgIpc) is 2.64. The van der Waals surface area contributed by atoms with E-state index in [9.17, 15) is 17.6 Å². The van der Waals surface area contributed by atoms with Crippen LogP contribution in [0.5, 0.6) is 0 Å². The highest BCUT2D eigenvalue weighted by molar-refractivity contribution is 7.89. The van der Waals surface area contributed by atoms with Crippen LogP contribution in [-0.2, 0) is 16.6 Å². The Bertz CT molecular complexity index is 1070. The zero-order valence-electron chi connectivity index (χ0n) is 13.7. The minimum atomic E-state index is -3.99. The molecular weight excluding hydrogens is 357 g/mol. The van der Waals surface area contributed by atoms with E-state index in [4.69, 9.17) is 0 Å². The van der Waals surface area contributed by atoms with Crippen molar-refractivity contribution >= 4 is 10.0 Å². The smallest absolute Gasteiger partial charge is 0.253 e. The van der Waals surface area contributed by atoms with Gasteiger partial charge in [0.1, 0.15) is 10.7 Å². The van der Waals surface area contributed by atoms with E-state index in [1.165, 1.54) is 35.2 Å². The van der Waals surface area contributed by atoms with Crippen molar-refractivity contribution in [1.29, 1.82) is 0 Å². The number of nitrogens with one attached hydrogen (secondary N) is 1. The molecule has 3 aromatic rings. The topological polar surface area (TPSA) is 81.1 Å². The van der Waals surface area contributed by atoms with Crippen LogP contribution in [0.3, 0.4) is 0 Å². The van der Waals surface area contributed by atoms with Gasteiger partial charge in [0, 0.05) is 24.7 Å². The summed E-state index contributed by atoms with van der Waals surface area (Å²) in [6, 6.07) is 15.7. The minimum absolute atomic E-state index is 0.0665. The zero-order chi connectivity index (χ0) is 18.6. The van der Waals surface area contributed by atoms with Crippen LogP contribution in [0.15, 0.2) is 76.7 Å². The molecule has 0 bridgehead atoms. The van der Waals surface area contributed by atoms with E-state index in [0.717, 1.165) is 11.6 Å². The second-order valence-corrected chi connectivity index (χ2v) is 7.24. The molecule has 0 amide bonds. The minimum Gasteiger partial charge on any atom is -0.298 e. The highest BCUT2D eigenvalue weighted by Crippen LogP contribution is 2.14. The number of benzene rings is 2. The van der Waals surface area contributed by atoms with Crippen LogP contribution >= 0.6 is 0 Å². The van der Waals surface area contributed by atoms with Crippen LogP contribution in [-0.4, -0.2) is 24.5 Å². The van der Waals surface area contributed by atoms with Crippen molar-refractivity contribution in [3.8, 4) is 11.3 Å². The lowest BCUT2D eigenvalue weighted by Crippen LogP contribution is -2.31. The van der Waals surface area contributed by atoms with Gasteiger partial charge in [0.15, 0.2) is 0 Å². The molecule has 1 aromatic heterocycles. The molecule has 0 aliphatic rings. The summed E-state index contributed by atoms with van der Waals surface area (Å²) in [5, 5.41) is 0. The standard InChI is InChI=1S/C18H16FN3O3S/c19-15-8-4-5-9-17(15)26(24,25)21-10-11-22-13-20-16(12-18(22)23)14-6-2-1-3-7-14/h1-9,12-13,21H,10-11H2. The molecule has 6 nitrogen and oxygen atoms in total.